The number of aromatic nitrogens is 1. The van der Waals surface area contributed by atoms with Crippen molar-refractivity contribution in [2.45, 2.75) is 6.42 Å². The summed E-state index contributed by atoms with van der Waals surface area (Å²) in [5.41, 5.74) is 1.18. The highest BCUT2D eigenvalue weighted by Gasteiger charge is 2.01. The predicted molar refractivity (Wildman–Crippen MR) is 59.9 cm³/mol. The second-order valence-corrected chi connectivity index (χ2v) is 3.27. The molecular weight excluding hydrogens is 202 g/mol. The van der Waals surface area contributed by atoms with Crippen LogP contribution in [0.1, 0.15) is 11.5 Å². The molecule has 0 aliphatic rings. The van der Waals surface area contributed by atoms with Gasteiger partial charge in [-0.05, 0) is 24.3 Å². The molecule has 4 heteroatoms. The minimum Gasteiger partial charge on any atom is -0.469 e. The molecule has 0 radical (unpaired) electrons. The second kappa shape index (κ2) is 4.99. The van der Waals surface area contributed by atoms with Gasteiger partial charge in [0.2, 0.25) is 0 Å². The zero-order chi connectivity index (χ0) is 11.2. The Hall–Kier alpha value is -2.28. The fraction of sp³-hybridized carbons (Fsp3) is 0.167. The highest BCUT2D eigenvalue weighted by molar-refractivity contribution is 5.53. The average Bonchev–Trinajstić information content (AvgIpc) is 2.83. The summed E-state index contributed by atoms with van der Waals surface area (Å²) < 4.78 is 5.21. The molecule has 80 valence electrons. The SMILES string of the molecule is N#Cc1ncccc1NCCc1ccco1. The molecule has 0 aromatic carbocycles. The topological polar surface area (TPSA) is 61.9 Å². The molecule has 0 unspecified atom stereocenters. The third kappa shape index (κ3) is 2.39. The van der Waals surface area contributed by atoms with E-state index in [2.05, 4.69) is 10.3 Å². The van der Waals surface area contributed by atoms with Crippen LogP contribution in [0.15, 0.2) is 41.1 Å². The van der Waals surface area contributed by atoms with Crippen molar-refractivity contribution in [2.24, 2.45) is 0 Å². The minimum atomic E-state index is 0.418. The molecule has 0 spiro atoms. The summed E-state index contributed by atoms with van der Waals surface area (Å²) in [6.45, 7) is 0.716. The number of furan rings is 1. The Balaban J connectivity index is 1.93. The zero-order valence-corrected chi connectivity index (χ0v) is 8.68. The van der Waals surface area contributed by atoms with Crippen LogP contribution < -0.4 is 5.32 Å². The number of nitrogens with zero attached hydrogens (tertiary/aromatic N) is 2. The van der Waals surface area contributed by atoms with Gasteiger partial charge < -0.3 is 9.73 Å². The second-order valence-electron chi connectivity index (χ2n) is 3.27. The zero-order valence-electron chi connectivity index (χ0n) is 8.68. The van der Waals surface area contributed by atoms with Crippen molar-refractivity contribution in [1.82, 2.24) is 4.98 Å². The summed E-state index contributed by atoms with van der Waals surface area (Å²) in [5, 5.41) is 12.0. The molecule has 0 atom stereocenters. The van der Waals surface area contributed by atoms with Crippen LogP contribution in [0.5, 0.6) is 0 Å². The first-order valence-electron chi connectivity index (χ1n) is 5.01. The van der Waals surface area contributed by atoms with Gasteiger partial charge in [0.25, 0.3) is 0 Å². The van der Waals surface area contributed by atoms with E-state index in [-0.39, 0.29) is 0 Å². The van der Waals surface area contributed by atoms with Gasteiger partial charge in [-0.25, -0.2) is 4.98 Å². The molecule has 2 heterocycles. The fourth-order valence-corrected chi connectivity index (χ4v) is 1.41. The van der Waals surface area contributed by atoms with Crippen molar-refractivity contribution in [3.63, 3.8) is 0 Å². The van der Waals surface area contributed by atoms with Gasteiger partial charge in [0.15, 0.2) is 5.69 Å². The molecule has 16 heavy (non-hydrogen) atoms. The maximum atomic E-state index is 8.83. The summed E-state index contributed by atoms with van der Waals surface area (Å²) in [4.78, 5) is 3.97. The van der Waals surface area contributed by atoms with E-state index in [9.17, 15) is 0 Å². The Morgan fingerprint density at radius 3 is 3.06 bits per heavy atom. The molecule has 0 aliphatic heterocycles. The van der Waals surface area contributed by atoms with Gasteiger partial charge in [0.05, 0.1) is 12.0 Å². The molecule has 4 nitrogen and oxygen atoms in total. The van der Waals surface area contributed by atoms with Crippen molar-refractivity contribution in [2.75, 3.05) is 11.9 Å². The summed E-state index contributed by atoms with van der Waals surface area (Å²) >= 11 is 0. The van der Waals surface area contributed by atoms with Crippen LogP contribution in [0.3, 0.4) is 0 Å². The van der Waals surface area contributed by atoms with Gasteiger partial charge in [-0.1, -0.05) is 0 Å². The third-order valence-electron chi connectivity index (χ3n) is 2.18. The predicted octanol–water partition coefficient (Wildman–Crippen LogP) is 2.20. The lowest BCUT2D eigenvalue weighted by molar-refractivity contribution is 0.513. The number of nitriles is 1. The van der Waals surface area contributed by atoms with Crippen LogP contribution in [0.25, 0.3) is 0 Å². The Morgan fingerprint density at radius 1 is 1.38 bits per heavy atom. The quantitative estimate of drug-likeness (QED) is 0.845. The van der Waals surface area contributed by atoms with E-state index < -0.39 is 0 Å². The van der Waals surface area contributed by atoms with Gasteiger partial charge in [-0.2, -0.15) is 5.26 Å². The third-order valence-corrected chi connectivity index (χ3v) is 2.18. The standard InChI is InChI=1S/C12H11N3O/c13-9-12-11(4-1-6-14-12)15-7-5-10-3-2-8-16-10/h1-4,6,8,15H,5,7H2. The van der Waals surface area contributed by atoms with E-state index in [0.717, 1.165) is 17.9 Å². The maximum absolute atomic E-state index is 8.83. The lowest BCUT2D eigenvalue weighted by Gasteiger charge is -2.05. The van der Waals surface area contributed by atoms with E-state index in [0.29, 0.717) is 12.2 Å². The van der Waals surface area contributed by atoms with Gasteiger partial charge in [-0.15, -0.1) is 0 Å². The minimum absolute atomic E-state index is 0.418. The maximum Gasteiger partial charge on any atom is 0.163 e. The molecule has 2 aromatic rings. The molecule has 2 aromatic heterocycles. The molecule has 0 bridgehead atoms. The molecule has 0 fully saturated rings. The van der Waals surface area contributed by atoms with Crippen LogP contribution in [0.4, 0.5) is 5.69 Å². The number of hydrogen-bond acceptors (Lipinski definition) is 4. The van der Waals surface area contributed by atoms with Crippen molar-refractivity contribution in [3.05, 3.63) is 48.2 Å². The van der Waals surface area contributed by atoms with Crippen LogP contribution in [-0.4, -0.2) is 11.5 Å². The monoisotopic (exact) mass is 213 g/mol. The van der Waals surface area contributed by atoms with E-state index in [4.69, 9.17) is 9.68 Å². The smallest absolute Gasteiger partial charge is 0.163 e. The van der Waals surface area contributed by atoms with Crippen molar-refractivity contribution >= 4 is 5.69 Å². The van der Waals surface area contributed by atoms with Crippen molar-refractivity contribution < 1.29 is 4.42 Å². The molecule has 0 aliphatic carbocycles. The molecular formula is C12H11N3O. The fourth-order valence-electron chi connectivity index (χ4n) is 1.41. The first kappa shape index (κ1) is 10.2. The average molecular weight is 213 g/mol. The molecule has 0 saturated heterocycles. The van der Waals surface area contributed by atoms with Crippen LogP contribution >= 0.6 is 0 Å². The highest BCUT2D eigenvalue weighted by Crippen LogP contribution is 2.10. The molecule has 1 N–H and O–H groups in total. The Bertz CT molecular complexity index is 485. The van der Waals surface area contributed by atoms with Gasteiger partial charge in [0, 0.05) is 19.2 Å². The number of anilines is 1. The number of nitrogens with one attached hydrogen (secondary N) is 1. The van der Waals surface area contributed by atoms with E-state index in [1.807, 2.05) is 24.3 Å². The van der Waals surface area contributed by atoms with E-state index >= 15 is 0 Å². The molecule has 0 amide bonds. The Labute approximate surface area is 93.5 Å². The molecule has 2 rings (SSSR count). The van der Waals surface area contributed by atoms with Crippen molar-refractivity contribution in [1.29, 1.82) is 5.26 Å². The van der Waals surface area contributed by atoms with Crippen LogP contribution in [0, 0.1) is 11.3 Å². The van der Waals surface area contributed by atoms with Gasteiger partial charge >= 0.3 is 0 Å². The summed E-state index contributed by atoms with van der Waals surface area (Å²) in [5.74, 6) is 0.926. The van der Waals surface area contributed by atoms with E-state index in [1.54, 1.807) is 18.5 Å². The largest absolute Gasteiger partial charge is 0.469 e. The van der Waals surface area contributed by atoms with Crippen molar-refractivity contribution in [3.8, 4) is 6.07 Å². The van der Waals surface area contributed by atoms with E-state index in [1.165, 1.54) is 0 Å². The number of hydrogen-bond donors (Lipinski definition) is 1. The summed E-state index contributed by atoms with van der Waals surface area (Å²) in [6.07, 6.45) is 4.04. The first-order chi connectivity index (χ1) is 7.90. The lowest BCUT2D eigenvalue weighted by Crippen LogP contribution is -2.06. The van der Waals surface area contributed by atoms with Gasteiger partial charge in [0.1, 0.15) is 11.8 Å². The first-order valence-corrected chi connectivity index (χ1v) is 5.01. The Kier molecular flexibility index (Phi) is 3.19. The normalized spacial score (nSPS) is 9.69. The molecule has 0 saturated carbocycles. The van der Waals surface area contributed by atoms with Gasteiger partial charge in [-0.3, -0.25) is 0 Å². The highest BCUT2D eigenvalue weighted by atomic mass is 16.3. The van der Waals surface area contributed by atoms with Crippen LogP contribution in [-0.2, 0) is 6.42 Å². The summed E-state index contributed by atoms with van der Waals surface area (Å²) in [7, 11) is 0. The lowest BCUT2D eigenvalue weighted by atomic mass is 10.3. The number of rotatable bonds is 4. The Morgan fingerprint density at radius 2 is 2.31 bits per heavy atom. The van der Waals surface area contributed by atoms with Crippen LogP contribution in [0.2, 0.25) is 0 Å². The number of pyridine rings is 1. The summed E-state index contributed by atoms with van der Waals surface area (Å²) in [6, 6.07) is 9.47.